The second-order valence-corrected chi connectivity index (χ2v) is 15.6. The maximum absolute atomic E-state index is 12.6. The van der Waals surface area contributed by atoms with Crippen molar-refractivity contribution in [3.8, 4) is 0 Å². The summed E-state index contributed by atoms with van der Waals surface area (Å²) in [5.74, 6) is -1.74. The minimum absolute atomic E-state index is 0.0411. The minimum atomic E-state index is -1.13. The average molecular weight is 724 g/mol. The van der Waals surface area contributed by atoms with Gasteiger partial charge in [-0.15, -0.1) is 0 Å². The second-order valence-electron chi connectivity index (χ2n) is 15.6. The number of quaternary nitrogens is 1. The third-order valence-corrected chi connectivity index (χ3v) is 9.65. The fourth-order valence-electron chi connectivity index (χ4n) is 6.29. The van der Waals surface area contributed by atoms with Crippen molar-refractivity contribution in [1.29, 1.82) is 0 Å². The summed E-state index contributed by atoms with van der Waals surface area (Å²) >= 11 is 0. The maximum atomic E-state index is 12.6. The largest absolute Gasteiger partial charge is 0.544 e. The smallest absolute Gasteiger partial charge is 0.306 e. The third-order valence-electron chi connectivity index (χ3n) is 9.65. The molecule has 0 radical (unpaired) electrons. The number of ether oxygens (including phenoxy) is 3. The standard InChI is InChI=1S/C43H81NO7/c1-6-8-10-12-14-16-18-19-20-21-22-23-24-26-27-29-31-33-41(45)50-38-39(37-49-36-35-40(43(47)48)44(3,4)5)51-42(46)34-32-30-28-25-17-15-13-11-9-7-2/h13,15,39-40H,6-12,14,16-38H2,1-5H3/b15-13+. The predicted molar refractivity (Wildman–Crippen MR) is 208 cm³/mol. The lowest BCUT2D eigenvalue weighted by atomic mass is 10.0. The number of nitrogens with zero attached hydrogens (tertiary/aromatic N) is 1. The van der Waals surface area contributed by atoms with Crippen LogP contribution in [0.25, 0.3) is 0 Å². The number of allylic oxidation sites excluding steroid dienone is 2. The highest BCUT2D eigenvalue weighted by molar-refractivity contribution is 5.70. The van der Waals surface area contributed by atoms with E-state index in [4.69, 9.17) is 14.2 Å². The molecule has 0 spiro atoms. The summed E-state index contributed by atoms with van der Waals surface area (Å²) < 4.78 is 17.1. The van der Waals surface area contributed by atoms with Crippen molar-refractivity contribution in [3.05, 3.63) is 12.2 Å². The number of aliphatic carboxylic acids is 1. The Kier molecular flexibility index (Phi) is 33.8. The van der Waals surface area contributed by atoms with E-state index in [1.807, 2.05) is 0 Å². The normalized spacial score (nSPS) is 13.0. The molecule has 300 valence electrons. The number of likely N-dealkylation sites (N-methyl/N-ethyl adjacent to an activating group) is 1. The SMILES string of the molecule is CCCC/C=C/CCCCCCC(=O)OC(COCCC(C(=O)[O-])[N+](C)(C)C)COC(=O)CCCCCCCCCCCCCCCCCCC. The van der Waals surface area contributed by atoms with E-state index in [9.17, 15) is 19.5 Å². The maximum Gasteiger partial charge on any atom is 0.306 e. The zero-order chi connectivity index (χ0) is 37.8. The van der Waals surface area contributed by atoms with Crippen LogP contribution < -0.4 is 5.11 Å². The molecular weight excluding hydrogens is 642 g/mol. The van der Waals surface area contributed by atoms with E-state index in [-0.39, 0.29) is 42.7 Å². The summed E-state index contributed by atoms with van der Waals surface area (Å²) in [6.07, 6.45) is 35.2. The minimum Gasteiger partial charge on any atom is -0.544 e. The summed E-state index contributed by atoms with van der Waals surface area (Å²) in [4.78, 5) is 36.7. The van der Waals surface area contributed by atoms with E-state index >= 15 is 0 Å². The van der Waals surface area contributed by atoms with Gasteiger partial charge in [0.25, 0.3) is 0 Å². The fraction of sp³-hybridized carbons (Fsp3) is 0.884. The Hall–Kier alpha value is -1.93. The van der Waals surface area contributed by atoms with Crippen LogP contribution in [0.3, 0.4) is 0 Å². The summed E-state index contributed by atoms with van der Waals surface area (Å²) in [6.45, 7) is 4.62. The van der Waals surface area contributed by atoms with Crippen LogP contribution in [0, 0.1) is 0 Å². The van der Waals surface area contributed by atoms with E-state index in [0.717, 1.165) is 57.8 Å². The van der Waals surface area contributed by atoms with Gasteiger partial charge in [0.05, 0.1) is 40.3 Å². The van der Waals surface area contributed by atoms with Crippen molar-refractivity contribution >= 4 is 17.9 Å². The summed E-state index contributed by atoms with van der Waals surface area (Å²) in [5, 5.41) is 11.6. The molecule has 0 bridgehead atoms. The molecule has 0 aliphatic heterocycles. The van der Waals surface area contributed by atoms with Gasteiger partial charge in [0.15, 0.2) is 6.10 Å². The fourth-order valence-corrected chi connectivity index (χ4v) is 6.29. The van der Waals surface area contributed by atoms with Crippen molar-refractivity contribution in [3.63, 3.8) is 0 Å². The first-order valence-corrected chi connectivity index (χ1v) is 21.2. The molecule has 0 aromatic rings. The number of carbonyl (C=O) groups is 3. The van der Waals surface area contributed by atoms with Crippen LogP contribution in [0.1, 0.15) is 194 Å². The zero-order valence-corrected chi connectivity index (χ0v) is 34.0. The van der Waals surface area contributed by atoms with Gasteiger partial charge in [-0.25, -0.2) is 0 Å². The third kappa shape index (κ3) is 33.6. The van der Waals surface area contributed by atoms with Gasteiger partial charge in [0, 0.05) is 19.3 Å². The highest BCUT2D eigenvalue weighted by atomic mass is 16.6. The van der Waals surface area contributed by atoms with Gasteiger partial charge in [0.1, 0.15) is 12.6 Å². The van der Waals surface area contributed by atoms with Crippen molar-refractivity contribution in [1.82, 2.24) is 0 Å². The van der Waals surface area contributed by atoms with Gasteiger partial charge in [-0.1, -0.05) is 154 Å². The van der Waals surface area contributed by atoms with Gasteiger partial charge >= 0.3 is 11.9 Å². The molecule has 2 unspecified atom stereocenters. The molecule has 0 amide bonds. The molecule has 0 rings (SSSR count). The molecule has 0 fully saturated rings. The lowest BCUT2D eigenvalue weighted by molar-refractivity contribution is -0.889. The molecule has 0 N–H and O–H groups in total. The van der Waals surface area contributed by atoms with Crippen molar-refractivity contribution in [2.75, 3.05) is 41.0 Å². The molecular formula is C43H81NO7. The van der Waals surface area contributed by atoms with E-state index in [1.54, 1.807) is 21.1 Å². The highest BCUT2D eigenvalue weighted by Gasteiger charge is 2.25. The lowest BCUT2D eigenvalue weighted by Crippen LogP contribution is -2.55. The van der Waals surface area contributed by atoms with E-state index in [2.05, 4.69) is 26.0 Å². The van der Waals surface area contributed by atoms with Crippen LogP contribution in [-0.4, -0.2) is 75.5 Å². The van der Waals surface area contributed by atoms with E-state index < -0.39 is 18.1 Å². The molecule has 8 heteroatoms. The van der Waals surface area contributed by atoms with Crippen LogP contribution in [0.5, 0.6) is 0 Å². The molecule has 2 atom stereocenters. The average Bonchev–Trinajstić information content (AvgIpc) is 3.08. The molecule has 0 saturated carbocycles. The second kappa shape index (κ2) is 35.1. The van der Waals surface area contributed by atoms with Crippen LogP contribution >= 0.6 is 0 Å². The molecule has 51 heavy (non-hydrogen) atoms. The molecule has 0 aliphatic carbocycles. The lowest BCUT2D eigenvalue weighted by Gasteiger charge is -2.34. The first-order chi connectivity index (χ1) is 24.6. The number of hydrogen-bond donors (Lipinski definition) is 0. The first kappa shape index (κ1) is 49.1. The number of esters is 2. The van der Waals surface area contributed by atoms with Crippen LogP contribution in [0.2, 0.25) is 0 Å². The Morgan fingerprint density at radius 2 is 1.00 bits per heavy atom. The number of carboxylic acid groups (broad SMARTS) is 1. The van der Waals surface area contributed by atoms with Gasteiger partial charge in [-0.05, 0) is 32.1 Å². The Balaban J connectivity index is 4.28. The Morgan fingerprint density at radius 1 is 0.569 bits per heavy atom. The monoisotopic (exact) mass is 724 g/mol. The molecule has 0 aromatic carbocycles. The molecule has 8 nitrogen and oxygen atoms in total. The van der Waals surface area contributed by atoms with Gasteiger partial charge in [-0.2, -0.15) is 0 Å². The Morgan fingerprint density at radius 3 is 1.47 bits per heavy atom. The van der Waals surface area contributed by atoms with Crippen LogP contribution in [0.15, 0.2) is 12.2 Å². The van der Waals surface area contributed by atoms with E-state index in [1.165, 1.54) is 103 Å². The quantitative estimate of drug-likeness (QED) is 0.0271. The van der Waals surface area contributed by atoms with Crippen LogP contribution in [-0.2, 0) is 28.6 Å². The van der Waals surface area contributed by atoms with Crippen molar-refractivity contribution < 1.29 is 38.2 Å². The number of carboxylic acids is 1. The zero-order valence-electron chi connectivity index (χ0n) is 34.0. The molecule has 0 saturated heterocycles. The molecule has 0 heterocycles. The molecule has 0 aliphatic rings. The Bertz CT molecular complexity index is 854. The van der Waals surface area contributed by atoms with Crippen molar-refractivity contribution in [2.24, 2.45) is 0 Å². The van der Waals surface area contributed by atoms with Gasteiger partial charge < -0.3 is 28.6 Å². The van der Waals surface area contributed by atoms with E-state index in [0.29, 0.717) is 12.8 Å². The van der Waals surface area contributed by atoms with Gasteiger partial charge in [-0.3, -0.25) is 9.59 Å². The number of unbranched alkanes of at least 4 members (excludes halogenated alkanes) is 22. The summed E-state index contributed by atoms with van der Waals surface area (Å²) in [7, 11) is 5.40. The van der Waals surface area contributed by atoms with Gasteiger partial charge in [0.2, 0.25) is 0 Å². The highest BCUT2D eigenvalue weighted by Crippen LogP contribution is 2.15. The summed E-state index contributed by atoms with van der Waals surface area (Å²) in [6, 6.07) is -0.722. The van der Waals surface area contributed by atoms with Crippen molar-refractivity contribution in [2.45, 2.75) is 206 Å². The topological polar surface area (TPSA) is 102 Å². The predicted octanol–water partition coefficient (Wildman–Crippen LogP) is 9.80. The number of hydrogen-bond acceptors (Lipinski definition) is 7. The number of carbonyl (C=O) groups excluding carboxylic acids is 3. The summed E-state index contributed by atoms with van der Waals surface area (Å²) in [5.41, 5.74) is 0. The first-order valence-electron chi connectivity index (χ1n) is 21.2. The number of rotatable bonds is 38. The van der Waals surface area contributed by atoms with Crippen LogP contribution in [0.4, 0.5) is 0 Å². The molecule has 0 aromatic heterocycles. The Labute approximate surface area is 314 Å².